The summed E-state index contributed by atoms with van der Waals surface area (Å²) in [6, 6.07) is 10.0. The average molecular weight is 631 g/mol. The SMILES string of the molecule is CC(C)C1CC2C(C3CCC(C(C)(C)C)CC3)CCCC2C1[Si](C)(C)C1C(C)CC2C(c3ccc(C(C)(C)C)cc3)CCCC21. The lowest BCUT2D eigenvalue weighted by Crippen LogP contribution is -2.48. The largest absolute Gasteiger partial charge is 0.0689 e. The Labute approximate surface area is 282 Å². The summed E-state index contributed by atoms with van der Waals surface area (Å²) >= 11 is 0. The summed E-state index contributed by atoms with van der Waals surface area (Å²) in [5, 5.41) is 0. The van der Waals surface area contributed by atoms with Crippen molar-refractivity contribution >= 4 is 8.07 Å². The van der Waals surface area contributed by atoms with E-state index in [1.807, 2.05) is 0 Å². The minimum atomic E-state index is -1.52. The van der Waals surface area contributed by atoms with Crippen LogP contribution in [-0.2, 0) is 5.41 Å². The molecule has 0 N–H and O–H groups in total. The Morgan fingerprint density at radius 3 is 1.80 bits per heavy atom. The molecule has 1 aromatic carbocycles. The van der Waals surface area contributed by atoms with Crippen molar-refractivity contribution < 1.29 is 0 Å². The maximum Gasteiger partial charge on any atom is 0.0547 e. The van der Waals surface area contributed by atoms with Crippen molar-refractivity contribution in [1.29, 1.82) is 0 Å². The van der Waals surface area contributed by atoms with Crippen molar-refractivity contribution in [3.63, 3.8) is 0 Å². The molecule has 0 saturated heterocycles. The smallest absolute Gasteiger partial charge is 0.0547 e. The Kier molecular flexibility index (Phi) is 9.69. The van der Waals surface area contributed by atoms with Gasteiger partial charge in [-0.15, -0.1) is 0 Å². The van der Waals surface area contributed by atoms with Gasteiger partial charge in [-0.3, -0.25) is 0 Å². The van der Waals surface area contributed by atoms with Crippen LogP contribution in [0.15, 0.2) is 24.3 Å². The van der Waals surface area contributed by atoms with Crippen molar-refractivity contribution in [3.8, 4) is 0 Å². The van der Waals surface area contributed by atoms with E-state index in [-0.39, 0.29) is 5.41 Å². The molecule has 5 aliphatic carbocycles. The molecule has 0 bridgehead atoms. The van der Waals surface area contributed by atoms with E-state index in [4.69, 9.17) is 0 Å². The maximum absolute atomic E-state index is 2.96. The first-order valence-electron chi connectivity index (χ1n) is 20.2. The van der Waals surface area contributed by atoms with Gasteiger partial charge in [0.05, 0.1) is 8.07 Å². The number of benzene rings is 1. The van der Waals surface area contributed by atoms with E-state index >= 15 is 0 Å². The van der Waals surface area contributed by atoms with E-state index in [9.17, 15) is 0 Å². The van der Waals surface area contributed by atoms with Gasteiger partial charge in [0.2, 0.25) is 0 Å². The van der Waals surface area contributed by atoms with E-state index in [0.29, 0.717) is 5.41 Å². The van der Waals surface area contributed by atoms with Crippen molar-refractivity contribution in [2.24, 2.45) is 64.6 Å². The van der Waals surface area contributed by atoms with E-state index in [1.54, 1.807) is 24.8 Å². The lowest BCUT2D eigenvalue weighted by atomic mass is 9.61. The zero-order valence-corrected chi connectivity index (χ0v) is 32.8. The molecule has 5 aliphatic rings. The van der Waals surface area contributed by atoms with Crippen molar-refractivity contribution in [2.75, 3.05) is 0 Å². The Hall–Kier alpha value is -0.563. The molecule has 10 unspecified atom stereocenters. The average Bonchev–Trinajstić information content (AvgIpc) is 3.55. The predicted molar refractivity (Wildman–Crippen MR) is 200 cm³/mol. The van der Waals surface area contributed by atoms with Crippen LogP contribution in [0.2, 0.25) is 24.2 Å². The van der Waals surface area contributed by atoms with Gasteiger partial charge in [0.25, 0.3) is 0 Å². The van der Waals surface area contributed by atoms with Crippen LogP contribution in [0, 0.1) is 64.6 Å². The number of rotatable bonds is 5. The third-order valence-corrected chi connectivity index (χ3v) is 21.2. The molecule has 5 saturated carbocycles. The maximum atomic E-state index is 2.96. The summed E-state index contributed by atoms with van der Waals surface area (Å²) in [4.78, 5) is 0. The van der Waals surface area contributed by atoms with Gasteiger partial charge < -0.3 is 0 Å². The molecule has 6 rings (SSSR count). The number of fused-ring (bicyclic) bond motifs is 2. The minimum absolute atomic E-state index is 0.242. The van der Waals surface area contributed by atoms with E-state index in [1.165, 1.54) is 63.4 Å². The van der Waals surface area contributed by atoms with Crippen molar-refractivity contribution in [3.05, 3.63) is 35.4 Å². The summed E-state index contributed by atoms with van der Waals surface area (Å²) in [6.07, 6.45) is 18.3. The second-order valence-electron chi connectivity index (χ2n) is 20.9. The van der Waals surface area contributed by atoms with Gasteiger partial charge in [-0.25, -0.2) is 0 Å². The Bertz CT molecular complexity index is 1120. The third kappa shape index (κ3) is 6.46. The highest BCUT2D eigenvalue weighted by Crippen LogP contribution is 2.68. The molecule has 45 heavy (non-hydrogen) atoms. The third-order valence-electron chi connectivity index (χ3n) is 15.9. The Morgan fingerprint density at radius 2 is 1.22 bits per heavy atom. The predicted octanol–water partition coefficient (Wildman–Crippen LogP) is 13.5. The molecule has 0 aromatic heterocycles. The summed E-state index contributed by atoms with van der Waals surface area (Å²) in [6.45, 7) is 28.5. The van der Waals surface area contributed by atoms with Gasteiger partial charge in [-0.2, -0.15) is 0 Å². The van der Waals surface area contributed by atoms with Gasteiger partial charge >= 0.3 is 0 Å². The lowest BCUT2D eigenvalue weighted by Gasteiger charge is -2.50. The molecule has 10 atom stereocenters. The second kappa shape index (κ2) is 12.7. The molecule has 0 spiro atoms. The van der Waals surface area contributed by atoms with Crippen molar-refractivity contribution in [2.45, 2.75) is 175 Å². The molecule has 0 aliphatic heterocycles. The van der Waals surface area contributed by atoms with Crippen LogP contribution in [-0.4, -0.2) is 8.07 Å². The first-order valence-corrected chi connectivity index (χ1v) is 23.3. The number of hydrogen-bond donors (Lipinski definition) is 0. The quantitative estimate of drug-likeness (QED) is 0.284. The van der Waals surface area contributed by atoms with E-state index < -0.39 is 8.07 Å². The topological polar surface area (TPSA) is 0 Å². The summed E-state index contributed by atoms with van der Waals surface area (Å²) in [5.41, 5.74) is 6.00. The molecule has 0 radical (unpaired) electrons. The molecule has 1 heteroatoms. The molecule has 5 fully saturated rings. The van der Waals surface area contributed by atoms with Crippen LogP contribution in [0.25, 0.3) is 0 Å². The highest BCUT2D eigenvalue weighted by atomic mass is 28.3. The molecule has 1 aromatic rings. The molecular weight excluding hydrogens is 557 g/mol. The zero-order chi connectivity index (χ0) is 32.5. The fraction of sp³-hybridized carbons (Fsp3) is 0.864. The van der Waals surface area contributed by atoms with Gasteiger partial charge in [-0.05, 0) is 150 Å². The number of hydrogen-bond acceptors (Lipinski definition) is 0. The van der Waals surface area contributed by atoms with Gasteiger partial charge in [0, 0.05) is 0 Å². The van der Waals surface area contributed by atoms with Gasteiger partial charge in [0.15, 0.2) is 0 Å². The lowest BCUT2D eigenvalue weighted by molar-refractivity contribution is 0.0635. The molecule has 254 valence electrons. The van der Waals surface area contributed by atoms with E-state index in [2.05, 4.69) is 99.7 Å². The summed E-state index contributed by atoms with van der Waals surface area (Å²) in [5.74, 6) is 10.6. The van der Waals surface area contributed by atoms with Gasteiger partial charge in [0.1, 0.15) is 0 Å². The van der Waals surface area contributed by atoms with Crippen LogP contribution in [0.4, 0.5) is 0 Å². The summed E-state index contributed by atoms with van der Waals surface area (Å²) in [7, 11) is -1.52. The fourth-order valence-corrected chi connectivity index (χ4v) is 20.6. The first kappa shape index (κ1) is 34.3. The summed E-state index contributed by atoms with van der Waals surface area (Å²) < 4.78 is 0. The molecular formula is C44H74Si. The van der Waals surface area contributed by atoms with Crippen LogP contribution in [0.3, 0.4) is 0 Å². The fourth-order valence-electron chi connectivity index (χ4n) is 13.9. The van der Waals surface area contributed by atoms with Gasteiger partial charge in [-0.1, -0.05) is 125 Å². The van der Waals surface area contributed by atoms with Crippen LogP contribution >= 0.6 is 0 Å². The standard InChI is InChI=1S/C44H74Si/c1-28(2)38-27-40-35(31-20-24-33(25-21-31)44(7,8)9)15-13-17-37(40)42(38)45(10,11)41-29(3)26-39-34(14-12-16-36(39)41)30-18-22-32(23-19-30)43(4,5)6/h18-19,22-23,28-29,31,33-42H,12-17,20-21,24-27H2,1-11H3. The highest BCUT2D eigenvalue weighted by Gasteiger charge is 2.61. The highest BCUT2D eigenvalue weighted by molar-refractivity contribution is 6.80. The van der Waals surface area contributed by atoms with Crippen molar-refractivity contribution in [1.82, 2.24) is 0 Å². The Balaban J connectivity index is 1.23. The minimum Gasteiger partial charge on any atom is -0.0689 e. The Morgan fingerprint density at radius 1 is 0.644 bits per heavy atom. The monoisotopic (exact) mass is 631 g/mol. The molecule has 0 heterocycles. The normalized spacial score (nSPS) is 41.2. The molecule has 0 amide bonds. The zero-order valence-electron chi connectivity index (χ0n) is 31.8. The van der Waals surface area contributed by atoms with Crippen LogP contribution in [0.1, 0.15) is 156 Å². The second-order valence-corrected chi connectivity index (χ2v) is 25.8. The molecule has 0 nitrogen and oxygen atoms in total. The van der Waals surface area contributed by atoms with Crippen LogP contribution in [0.5, 0.6) is 0 Å². The van der Waals surface area contributed by atoms with E-state index in [0.717, 1.165) is 76.2 Å². The van der Waals surface area contributed by atoms with Crippen LogP contribution < -0.4 is 0 Å². The first-order chi connectivity index (χ1) is 21.1.